The number of benzene rings is 1. The van der Waals surface area contributed by atoms with Crippen LogP contribution in [-0.2, 0) is 0 Å². The quantitative estimate of drug-likeness (QED) is 0.652. The van der Waals surface area contributed by atoms with E-state index in [0.717, 1.165) is 16.5 Å². The molecule has 13 heavy (non-hydrogen) atoms. The number of hydrogen-bond donors (Lipinski definition) is 1. The Bertz CT molecular complexity index is 466. The van der Waals surface area contributed by atoms with Crippen LogP contribution in [0.25, 0.3) is 10.9 Å². The van der Waals surface area contributed by atoms with Crippen molar-refractivity contribution in [3.05, 3.63) is 35.0 Å². The van der Waals surface area contributed by atoms with Crippen molar-refractivity contribution >= 4 is 28.2 Å². The van der Waals surface area contributed by atoms with E-state index in [1.807, 2.05) is 25.1 Å². The van der Waals surface area contributed by atoms with Crippen molar-refractivity contribution < 1.29 is 0 Å². The molecule has 66 valence electrons. The van der Waals surface area contributed by atoms with Crippen molar-refractivity contribution in [3.8, 4) is 0 Å². The number of halogens is 1. The number of nitrogen functional groups attached to an aromatic ring is 1. The summed E-state index contributed by atoms with van der Waals surface area (Å²) in [7, 11) is 0. The zero-order valence-corrected chi connectivity index (χ0v) is 7.97. The monoisotopic (exact) mass is 192 g/mol. The summed E-state index contributed by atoms with van der Waals surface area (Å²) in [5, 5.41) is 1.52. The molecule has 0 saturated carbocycles. The lowest BCUT2D eigenvalue weighted by Gasteiger charge is -2.05. The van der Waals surface area contributed by atoms with Gasteiger partial charge in [-0.2, -0.15) is 0 Å². The van der Waals surface area contributed by atoms with Gasteiger partial charge < -0.3 is 5.73 Å². The zero-order valence-electron chi connectivity index (χ0n) is 7.21. The molecule has 3 heteroatoms. The molecule has 0 radical (unpaired) electrons. The SMILES string of the molecule is Cc1cc(Cl)c(N)c2cccnc12. The van der Waals surface area contributed by atoms with Crippen LogP contribution < -0.4 is 5.73 Å². The molecule has 0 unspecified atom stereocenters. The van der Waals surface area contributed by atoms with E-state index in [-0.39, 0.29) is 0 Å². The Hall–Kier alpha value is -1.28. The molecule has 0 aliphatic rings. The molecule has 0 fully saturated rings. The molecule has 0 bridgehead atoms. The van der Waals surface area contributed by atoms with Gasteiger partial charge in [-0.1, -0.05) is 11.6 Å². The predicted octanol–water partition coefficient (Wildman–Crippen LogP) is 2.78. The Balaban J connectivity index is 2.97. The molecule has 1 aromatic carbocycles. The summed E-state index contributed by atoms with van der Waals surface area (Å²) >= 11 is 5.94. The Morgan fingerprint density at radius 2 is 2.23 bits per heavy atom. The molecular weight excluding hydrogens is 184 g/mol. The average Bonchev–Trinajstić information content (AvgIpc) is 2.15. The Kier molecular flexibility index (Phi) is 1.85. The molecule has 0 saturated heterocycles. The fraction of sp³-hybridized carbons (Fsp3) is 0.100. The average molecular weight is 193 g/mol. The van der Waals surface area contributed by atoms with E-state index in [2.05, 4.69) is 4.98 Å². The van der Waals surface area contributed by atoms with E-state index in [9.17, 15) is 0 Å². The van der Waals surface area contributed by atoms with Crippen molar-refractivity contribution in [1.29, 1.82) is 0 Å². The third kappa shape index (κ3) is 1.23. The van der Waals surface area contributed by atoms with Gasteiger partial charge >= 0.3 is 0 Å². The lowest BCUT2D eigenvalue weighted by atomic mass is 10.1. The first-order valence-electron chi connectivity index (χ1n) is 3.99. The zero-order chi connectivity index (χ0) is 9.42. The summed E-state index contributed by atoms with van der Waals surface area (Å²) in [5.41, 5.74) is 8.39. The van der Waals surface area contributed by atoms with Crippen LogP contribution in [0.3, 0.4) is 0 Å². The molecule has 0 amide bonds. The van der Waals surface area contributed by atoms with Gasteiger partial charge in [-0.3, -0.25) is 4.98 Å². The van der Waals surface area contributed by atoms with Crippen LogP contribution in [0.4, 0.5) is 5.69 Å². The Morgan fingerprint density at radius 3 is 3.00 bits per heavy atom. The maximum absolute atomic E-state index is 5.94. The second-order valence-electron chi connectivity index (χ2n) is 2.99. The molecule has 2 nitrogen and oxygen atoms in total. The highest BCUT2D eigenvalue weighted by Gasteiger charge is 2.05. The van der Waals surface area contributed by atoms with Crippen LogP contribution in [0.15, 0.2) is 24.4 Å². The first-order valence-corrected chi connectivity index (χ1v) is 4.37. The van der Waals surface area contributed by atoms with Gasteiger partial charge in [0.1, 0.15) is 0 Å². The normalized spacial score (nSPS) is 10.6. The Morgan fingerprint density at radius 1 is 1.46 bits per heavy atom. The first kappa shape index (κ1) is 8.32. The van der Waals surface area contributed by atoms with Crippen molar-refractivity contribution in [2.75, 3.05) is 5.73 Å². The topological polar surface area (TPSA) is 38.9 Å². The molecule has 0 aliphatic heterocycles. The summed E-state index contributed by atoms with van der Waals surface area (Å²) in [6.07, 6.45) is 1.75. The molecule has 2 aromatic rings. The van der Waals surface area contributed by atoms with Crippen molar-refractivity contribution in [3.63, 3.8) is 0 Å². The van der Waals surface area contributed by atoms with Gasteiger partial charge in [0.2, 0.25) is 0 Å². The van der Waals surface area contributed by atoms with Crippen molar-refractivity contribution in [2.24, 2.45) is 0 Å². The predicted molar refractivity (Wildman–Crippen MR) is 55.9 cm³/mol. The second-order valence-corrected chi connectivity index (χ2v) is 3.40. The van der Waals surface area contributed by atoms with Crippen LogP contribution >= 0.6 is 11.6 Å². The molecule has 0 atom stereocenters. The summed E-state index contributed by atoms with van der Waals surface area (Å²) in [6.45, 7) is 1.97. The third-order valence-electron chi connectivity index (χ3n) is 2.07. The minimum Gasteiger partial charge on any atom is -0.397 e. The van der Waals surface area contributed by atoms with E-state index in [4.69, 9.17) is 17.3 Å². The van der Waals surface area contributed by atoms with Gasteiger partial charge in [0.05, 0.1) is 16.2 Å². The van der Waals surface area contributed by atoms with Gasteiger partial charge in [-0.25, -0.2) is 0 Å². The van der Waals surface area contributed by atoms with E-state index in [0.29, 0.717) is 10.7 Å². The summed E-state index contributed by atoms with van der Waals surface area (Å²) in [5.74, 6) is 0. The standard InChI is InChI=1S/C10H9ClN2/c1-6-5-8(11)9(12)7-3-2-4-13-10(6)7/h2-5H,12H2,1H3. The molecular formula is C10H9ClN2. The second kappa shape index (κ2) is 2.89. The highest BCUT2D eigenvalue weighted by atomic mass is 35.5. The van der Waals surface area contributed by atoms with Gasteiger partial charge in [-0.05, 0) is 30.7 Å². The fourth-order valence-electron chi connectivity index (χ4n) is 1.40. The van der Waals surface area contributed by atoms with Gasteiger partial charge in [0, 0.05) is 11.6 Å². The minimum atomic E-state index is 0.595. The summed E-state index contributed by atoms with van der Waals surface area (Å²) in [6, 6.07) is 5.62. The molecule has 2 N–H and O–H groups in total. The number of pyridine rings is 1. The number of nitrogens with zero attached hydrogens (tertiary/aromatic N) is 1. The van der Waals surface area contributed by atoms with Crippen LogP contribution in [0.2, 0.25) is 5.02 Å². The molecule has 1 aromatic heterocycles. The minimum absolute atomic E-state index is 0.595. The summed E-state index contributed by atoms with van der Waals surface area (Å²) < 4.78 is 0. The highest BCUT2D eigenvalue weighted by molar-refractivity contribution is 6.34. The number of fused-ring (bicyclic) bond motifs is 1. The van der Waals surface area contributed by atoms with Gasteiger partial charge in [0.15, 0.2) is 0 Å². The van der Waals surface area contributed by atoms with E-state index >= 15 is 0 Å². The largest absolute Gasteiger partial charge is 0.397 e. The number of aryl methyl sites for hydroxylation is 1. The van der Waals surface area contributed by atoms with E-state index in [1.165, 1.54) is 0 Å². The number of aromatic nitrogens is 1. The fourth-order valence-corrected chi connectivity index (χ4v) is 1.67. The highest BCUT2D eigenvalue weighted by Crippen LogP contribution is 2.29. The number of hydrogen-bond acceptors (Lipinski definition) is 2. The van der Waals surface area contributed by atoms with Crippen LogP contribution in [0, 0.1) is 6.92 Å². The number of rotatable bonds is 0. The lowest BCUT2D eigenvalue weighted by Crippen LogP contribution is -1.91. The van der Waals surface area contributed by atoms with Gasteiger partial charge in [-0.15, -0.1) is 0 Å². The Labute approximate surface area is 81.3 Å². The van der Waals surface area contributed by atoms with Crippen molar-refractivity contribution in [1.82, 2.24) is 4.98 Å². The molecule has 0 aliphatic carbocycles. The third-order valence-corrected chi connectivity index (χ3v) is 2.38. The van der Waals surface area contributed by atoms with Crippen LogP contribution in [0.1, 0.15) is 5.56 Å². The van der Waals surface area contributed by atoms with Crippen LogP contribution in [0.5, 0.6) is 0 Å². The maximum atomic E-state index is 5.94. The van der Waals surface area contributed by atoms with Crippen LogP contribution in [-0.4, -0.2) is 4.98 Å². The van der Waals surface area contributed by atoms with Gasteiger partial charge in [0.25, 0.3) is 0 Å². The first-order chi connectivity index (χ1) is 6.20. The van der Waals surface area contributed by atoms with Crippen molar-refractivity contribution in [2.45, 2.75) is 6.92 Å². The summed E-state index contributed by atoms with van der Waals surface area (Å²) in [4.78, 5) is 4.24. The molecule has 2 rings (SSSR count). The molecule has 0 spiro atoms. The smallest absolute Gasteiger partial charge is 0.0752 e. The maximum Gasteiger partial charge on any atom is 0.0752 e. The lowest BCUT2D eigenvalue weighted by molar-refractivity contribution is 1.37. The van der Waals surface area contributed by atoms with E-state index in [1.54, 1.807) is 6.20 Å². The van der Waals surface area contributed by atoms with E-state index < -0.39 is 0 Å². The molecule has 1 heterocycles. The number of nitrogens with two attached hydrogens (primary N) is 1. The number of anilines is 1.